The predicted octanol–water partition coefficient (Wildman–Crippen LogP) is 3.91. The molecule has 0 unspecified atom stereocenters. The number of likely N-dealkylation sites (tertiary alicyclic amines) is 1. The van der Waals surface area contributed by atoms with Gasteiger partial charge in [0.15, 0.2) is 0 Å². The quantitative estimate of drug-likeness (QED) is 0.566. The van der Waals surface area contributed by atoms with Crippen LogP contribution in [0.15, 0.2) is 24.3 Å². The molecule has 1 spiro atoms. The standard InChI is InChI=1S/C27H32ClN5O3/c28-20-7-4-8-21-19(20)13-22(32-21)26(36)33-16-27(9-2-1-3-10-27)14-23(33)25(35)31-18(15-29)12-17-6-5-11-30-24(17)34/h4,7-8,13,17-18,23,32H,1-3,5-6,9-12,14,16H2,(H,30,34)(H,31,35)/t17-,18-,23-/m0/s1. The summed E-state index contributed by atoms with van der Waals surface area (Å²) in [6, 6.07) is 7.95. The lowest BCUT2D eigenvalue weighted by Crippen LogP contribution is -2.49. The lowest BCUT2D eigenvalue weighted by molar-refractivity contribution is -0.128. The van der Waals surface area contributed by atoms with Crippen LogP contribution in [0.3, 0.4) is 0 Å². The van der Waals surface area contributed by atoms with Gasteiger partial charge in [-0.25, -0.2) is 0 Å². The molecule has 0 bridgehead atoms. The van der Waals surface area contributed by atoms with Gasteiger partial charge in [0, 0.05) is 34.9 Å². The Bertz CT molecular complexity index is 1210. The van der Waals surface area contributed by atoms with E-state index in [9.17, 15) is 19.6 Å². The van der Waals surface area contributed by atoms with Crippen LogP contribution in [0.1, 0.15) is 68.3 Å². The highest BCUT2D eigenvalue weighted by Crippen LogP contribution is 2.46. The monoisotopic (exact) mass is 509 g/mol. The maximum atomic E-state index is 13.7. The van der Waals surface area contributed by atoms with E-state index in [2.05, 4.69) is 21.7 Å². The number of aromatic amines is 1. The van der Waals surface area contributed by atoms with Crippen molar-refractivity contribution in [1.82, 2.24) is 20.5 Å². The second-order valence-electron chi connectivity index (χ2n) is 10.7. The summed E-state index contributed by atoms with van der Waals surface area (Å²) in [4.78, 5) is 44.3. The van der Waals surface area contributed by atoms with Crippen molar-refractivity contribution in [3.63, 3.8) is 0 Å². The highest BCUT2D eigenvalue weighted by atomic mass is 35.5. The summed E-state index contributed by atoms with van der Waals surface area (Å²) in [6.45, 7) is 1.17. The summed E-state index contributed by atoms with van der Waals surface area (Å²) in [5, 5.41) is 16.8. The number of nitriles is 1. The van der Waals surface area contributed by atoms with E-state index >= 15 is 0 Å². The van der Waals surface area contributed by atoms with Gasteiger partial charge in [-0.3, -0.25) is 14.4 Å². The van der Waals surface area contributed by atoms with Gasteiger partial charge in [0.25, 0.3) is 5.91 Å². The fourth-order valence-electron chi connectivity index (χ4n) is 6.31. The van der Waals surface area contributed by atoms with Gasteiger partial charge in [-0.2, -0.15) is 5.26 Å². The Balaban J connectivity index is 1.37. The van der Waals surface area contributed by atoms with Gasteiger partial charge in [-0.05, 0) is 62.1 Å². The van der Waals surface area contributed by atoms with E-state index in [0.29, 0.717) is 36.6 Å². The summed E-state index contributed by atoms with van der Waals surface area (Å²) in [6.07, 6.45) is 7.78. The number of rotatable bonds is 5. The number of carbonyl (C=O) groups is 3. The Morgan fingerprint density at radius 2 is 2.06 bits per heavy atom. The zero-order chi connectivity index (χ0) is 25.3. The van der Waals surface area contributed by atoms with Crippen molar-refractivity contribution >= 4 is 40.2 Å². The first kappa shape index (κ1) is 24.6. The van der Waals surface area contributed by atoms with E-state index in [-0.39, 0.29) is 35.5 Å². The molecule has 0 radical (unpaired) electrons. The second kappa shape index (κ2) is 10.1. The smallest absolute Gasteiger partial charge is 0.271 e. The normalized spacial score (nSPS) is 24.3. The first-order valence-corrected chi connectivity index (χ1v) is 13.3. The van der Waals surface area contributed by atoms with Crippen molar-refractivity contribution in [3.8, 4) is 6.07 Å². The lowest BCUT2D eigenvalue weighted by Gasteiger charge is -2.32. The summed E-state index contributed by atoms with van der Waals surface area (Å²) < 4.78 is 0. The van der Waals surface area contributed by atoms with Gasteiger partial charge in [-0.1, -0.05) is 36.9 Å². The number of piperidine rings is 1. The molecule has 1 saturated carbocycles. The van der Waals surface area contributed by atoms with E-state index in [1.54, 1.807) is 17.0 Å². The first-order chi connectivity index (χ1) is 17.4. The van der Waals surface area contributed by atoms with Gasteiger partial charge in [0.2, 0.25) is 11.8 Å². The molecular weight excluding hydrogens is 478 g/mol. The summed E-state index contributed by atoms with van der Waals surface area (Å²) in [5.41, 5.74) is 1.10. The van der Waals surface area contributed by atoms with E-state index in [0.717, 1.165) is 43.0 Å². The number of halogens is 1. The van der Waals surface area contributed by atoms with Crippen LogP contribution in [0.5, 0.6) is 0 Å². The number of nitrogens with zero attached hydrogens (tertiary/aromatic N) is 2. The lowest BCUT2D eigenvalue weighted by atomic mass is 9.72. The van der Waals surface area contributed by atoms with Gasteiger partial charge in [-0.15, -0.1) is 0 Å². The van der Waals surface area contributed by atoms with Crippen LogP contribution in [0.25, 0.3) is 10.9 Å². The first-order valence-electron chi connectivity index (χ1n) is 12.9. The van der Waals surface area contributed by atoms with Gasteiger partial charge >= 0.3 is 0 Å². The molecule has 3 amide bonds. The highest BCUT2D eigenvalue weighted by molar-refractivity contribution is 6.35. The van der Waals surface area contributed by atoms with Gasteiger partial charge in [0.1, 0.15) is 17.8 Å². The molecule has 2 aromatic rings. The molecule has 1 aromatic carbocycles. The Hall–Kier alpha value is -3.05. The zero-order valence-electron chi connectivity index (χ0n) is 20.3. The summed E-state index contributed by atoms with van der Waals surface area (Å²) in [5.74, 6) is -0.898. The van der Waals surface area contributed by atoms with E-state index in [4.69, 9.17) is 11.6 Å². The van der Waals surface area contributed by atoms with Crippen molar-refractivity contribution in [2.75, 3.05) is 13.1 Å². The number of benzene rings is 1. The summed E-state index contributed by atoms with van der Waals surface area (Å²) >= 11 is 6.33. The van der Waals surface area contributed by atoms with Crippen LogP contribution in [-0.4, -0.2) is 52.8 Å². The summed E-state index contributed by atoms with van der Waals surface area (Å²) in [7, 11) is 0. The number of H-pyrrole nitrogens is 1. The molecule has 8 nitrogen and oxygen atoms in total. The number of hydrogen-bond donors (Lipinski definition) is 3. The average Bonchev–Trinajstić information content (AvgIpc) is 3.48. The highest BCUT2D eigenvalue weighted by Gasteiger charge is 2.49. The number of amides is 3. The molecule has 190 valence electrons. The Labute approximate surface area is 215 Å². The third-order valence-electron chi connectivity index (χ3n) is 8.22. The van der Waals surface area contributed by atoms with Crippen LogP contribution in [0.2, 0.25) is 5.02 Å². The van der Waals surface area contributed by atoms with Crippen molar-refractivity contribution in [2.24, 2.45) is 11.3 Å². The molecule has 3 aliphatic rings. The van der Waals surface area contributed by atoms with Gasteiger partial charge < -0.3 is 20.5 Å². The number of carbonyl (C=O) groups excluding carboxylic acids is 3. The third kappa shape index (κ3) is 4.81. The Kier molecular flexibility index (Phi) is 6.94. The van der Waals surface area contributed by atoms with Gasteiger partial charge in [0.05, 0.1) is 6.07 Å². The molecule has 3 fully saturated rings. The van der Waals surface area contributed by atoms with Crippen LogP contribution in [-0.2, 0) is 9.59 Å². The minimum absolute atomic E-state index is 0.0629. The minimum Gasteiger partial charge on any atom is -0.356 e. The third-order valence-corrected chi connectivity index (χ3v) is 8.55. The number of nitrogens with one attached hydrogen (secondary N) is 3. The molecule has 2 saturated heterocycles. The van der Waals surface area contributed by atoms with Crippen molar-refractivity contribution < 1.29 is 14.4 Å². The van der Waals surface area contributed by atoms with Crippen molar-refractivity contribution in [2.45, 2.75) is 69.9 Å². The molecule has 3 heterocycles. The zero-order valence-corrected chi connectivity index (χ0v) is 21.1. The second-order valence-corrected chi connectivity index (χ2v) is 11.1. The minimum atomic E-state index is -0.780. The van der Waals surface area contributed by atoms with E-state index < -0.39 is 12.1 Å². The Morgan fingerprint density at radius 1 is 1.25 bits per heavy atom. The van der Waals surface area contributed by atoms with Crippen molar-refractivity contribution in [3.05, 3.63) is 35.0 Å². The van der Waals surface area contributed by atoms with E-state index in [1.165, 1.54) is 6.42 Å². The fourth-order valence-corrected chi connectivity index (χ4v) is 6.54. The van der Waals surface area contributed by atoms with Crippen LogP contribution in [0, 0.1) is 22.7 Å². The van der Waals surface area contributed by atoms with Crippen LogP contribution >= 0.6 is 11.6 Å². The molecule has 1 aromatic heterocycles. The molecule has 9 heteroatoms. The largest absolute Gasteiger partial charge is 0.356 e. The molecule has 5 rings (SSSR count). The molecular formula is C27H32ClN5O3. The molecule has 3 N–H and O–H groups in total. The topological polar surface area (TPSA) is 118 Å². The maximum absolute atomic E-state index is 13.7. The average molecular weight is 510 g/mol. The SMILES string of the molecule is N#C[C@H](C[C@@H]1CCCNC1=O)NC(=O)[C@@H]1CC2(CCCCC2)CN1C(=O)c1cc2c(Cl)cccc2[nH]1. The predicted molar refractivity (Wildman–Crippen MR) is 136 cm³/mol. The molecule has 3 atom stereocenters. The van der Waals surface area contributed by atoms with Crippen LogP contribution in [0.4, 0.5) is 0 Å². The fraction of sp³-hybridized carbons (Fsp3) is 0.556. The number of hydrogen-bond acceptors (Lipinski definition) is 4. The molecule has 1 aliphatic carbocycles. The Morgan fingerprint density at radius 3 is 2.78 bits per heavy atom. The number of aromatic nitrogens is 1. The molecule has 36 heavy (non-hydrogen) atoms. The maximum Gasteiger partial charge on any atom is 0.271 e. The van der Waals surface area contributed by atoms with Crippen molar-refractivity contribution in [1.29, 1.82) is 5.26 Å². The number of fused-ring (bicyclic) bond motifs is 1. The van der Waals surface area contributed by atoms with E-state index in [1.807, 2.05) is 12.1 Å². The van der Waals surface area contributed by atoms with Crippen LogP contribution < -0.4 is 10.6 Å². The molecule has 2 aliphatic heterocycles.